The monoisotopic (exact) mass is 399 g/mol. The number of hydrogen-bond donors (Lipinski definition) is 1. The second-order valence-electron chi connectivity index (χ2n) is 5.99. The Morgan fingerprint density at radius 3 is 2.39 bits per heavy atom. The Balaban J connectivity index is 1.65. The van der Waals surface area contributed by atoms with Crippen LogP contribution in [-0.2, 0) is 4.79 Å². The van der Waals surface area contributed by atoms with Gasteiger partial charge in [-0.2, -0.15) is 5.10 Å². The van der Waals surface area contributed by atoms with Gasteiger partial charge in [-0.3, -0.25) is 4.79 Å². The highest BCUT2D eigenvalue weighted by Crippen LogP contribution is 2.26. The van der Waals surface area contributed by atoms with Crippen LogP contribution in [0.25, 0.3) is 5.82 Å². The molecule has 9 heteroatoms. The van der Waals surface area contributed by atoms with Crippen molar-refractivity contribution in [3.8, 4) is 17.3 Å². The number of hydrogen-bond acceptors (Lipinski definition) is 7. The number of carbonyl (C=O) groups excluding carboxylic acids is 1. The average molecular weight is 399 g/mol. The number of carbonyl (C=O) groups is 1. The predicted octanol–water partition coefficient (Wildman–Crippen LogP) is 3.03. The molecule has 0 spiro atoms. The van der Waals surface area contributed by atoms with E-state index in [4.69, 9.17) is 9.47 Å². The van der Waals surface area contributed by atoms with Crippen LogP contribution in [0.5, 0.6) is 11.5 Å². The van der Waals surface area contributed by atoms with Crippen LogP contribution in [0.15, 0.2) is 41.7 Å². The van der Waals surface area contributed by atoms with E-state index in [1.165, 1.54) is 18.1 Å². The van der Waals surface area contributed by atoms with Gasteiger partial charge in [0.1, 0.15) is 22.9 Å². The third-order valence-electron chi connectivity index (χ3n) is 3.84. The molecule has 3 aromatic rings. The minimum absolute atomic E-state index is 0.161. The second kappa shape index (κ2) is 8.75. The minimum Gasteiger partial charge on any atom is -0.497 e. The molecule has 146 valence electrons. The molecule has 2 heterocycles. The summed E-state index contributed by atoms with van der Waals surface area (Å²) in [6, 6.07) is 9.00. The van der Waals surface area contributed by atoms with Crippen LogP contribution in [-0.4, -0.2) is 45.6 Å². The first-order valence-corrected chi connectivity index (χ1v) is 9.48. The fourth-order valence-corrected chi connectivity index (χ4v) is 3.26. The molecule has 1 amide bonds. The number of ether oxygens (including phenoxy) is 2. The molecular formula is C19H21N5O3S. The number of thioether (sulfide) groups is 1. The van der Waals surface area contributed by atoms with E-state index in [0.29, 0.717) is 28.0 Å². The van der Waals surface area contributed by atoms with Crippen molar-refractivity contribution in [1.29, 1.82) is 0 Å². The van der Waals surface area contributed by atoms with Crippen molar-refractivity contribution >= 4 is 23.4 Å². The van der Waals surface area contributed by atoms with Crippen molar-refractivity contribution in [1.82, 2.24) is 19.7 Å². The largest absolute Gasteiger partial charge is 0.497 e. The van der Waals surface area contributed by atoms with E-state index in [1.807, 2.05) is 26.0 Å². The minimum atomic E-state index is -0.161. The Kier molecular flexibility index (Phi) is 6.15. The SMILES string of the molecule is COc1cc(NC(=O)CSc2cc(-n3nc(C)cc3C)ncn2)cc(OC)c1. The van der Waals surface area contributed by atoms with E-state index < -0.39 is 0 Å². The normalized spacial score (nSPS) is 10.6. The molecule has 0 bridgehead atoms. The molecule has 0 saturated heterocycles. The van der Waals surface area contributed by atoms with E-state index in [-0.39, 0.29) is 11.7 Å². The topological polar surface area (TPSA) is 91.2 Å². The third kappa shape index (κ3) is 4.80. The van der Waals surface area contributed by atoms with Gasteiger partial charge in [0, 0.05) is 35.6 Å². The van der Waals surface area contributed by atoms with Crippen LogP contribution in [0.2, 0.25) is 0 Å². The number of aryl methyl sites for hydroxylation is 2. The smallest absolute Gasteiger partial charge is 0.234 e. The Bertz CT molecular complexity index is 967. The number of methoxy groups -OCH3 is 2. The zero-order chi connectivity index (χ0) is 20.1. The summed E-state index contributed by atoms with van der Waals surface area (Å²) in [5.41, 5.74) is 2.50. The van der Waals surface area contributed by atoms with E-state index in [1.54, 1.807) is 37.1 Å². The molecule has 2 aromatic heterocycles. The van der Waals surface area contributed by atoms with Gasteiger partial charge in [-0.25, -0.2) is 14.6 Å². The third-order valence-corrected chi connectivity index (χ3v) is 4.77. The average Bonchev–Trinajstić information content (AvgIpc) is 3.04. The quantitative estimate of drug-likeness (QED) is 0.482. The molecule has 0 unspecified atom stereocenters. The van der Waals surface area contributed by atoms with Gasteiger partial charge in [0.05, 0.1) is 25.7 Å². The van der Waals surface area contributed by atoms with Crippen molar-refractivity contribution in [3.05, 3.63) is 48.0 Å². The van der Waals surface area contributed by atoms with Gasteiger partial charge in [-0.05, 0) is 19.9 Å². The molecule has 0 fully saturated rings. The maximum Gasteiger partial charge on any atom is 0.234 e. The first-order chi connectivity index (χ1) is 13.5. The first kappa shape index (κ1) is 19.7. The molecule has 0 saturated carbocycles. The molecule has 8 nitrogen and oxygen atoms in total. The zero-order valence-corrected chi connectivity index (χ0v) is 16.9. The summed E-state index contributed by atoms with van der Waals surface area (Å²) in [5.74, 6) is 1.92. The number of benzene rings is 1. The van der Waals surface area contributed by atoms with Crippen molar-refractivity contribution in [2.45, 2.75) is 18.9 Å². The highest BCUT2D eigenvalue weighted by atomic mass is 32.2. The van der Waals surface area contributed by atoms with Crippen LogP contribution >= 0.6 is 11.8 Å². The molecule has 3 rings (SSSR count). The van der Waals surface area contributed by atoms with E-state index in [9.17, 15) is 4.79 Å². The number of amides is 1. The lowest BCUT2D eigenvalue weighted by Crippen LogP contribution is -2.14. The molecule has 1 aromatic carbocycles. The van der Waals surface area contributed by atoms with Crippen molar-refractivity contribution in [2.75, 3.05) is 25.3 Å². The lowest BCUT2D eigenvalue weighted by atomic mass is 10.2. The van der Waals surface area contributed by atoms with Gasteiger partial charge in [0.25, 0.3) is 0 Å². The van der Waals surface area contributed by atoms with Crippen LogP contribution in [0, 0.1) is 13.8 Å². The molecule has 0 aliphatic rings. The number of nitrogens with zero attached hydrogens (tertiary/aromatic N) is 4. The maximum atomic E-state index is 12.3. The number of rotatable bonds is 7. The zero-order valence-electron chi connectivity index (χ0n) is 16.1. The Morgan fingerprint density at radius 1 is 1.07 bits per heavy atom. The number of anilines is 1. The van der Waals surface area contributed by atoms with Crippen molar-refractivity contribution in [2.24, 2.45) is 0 Å². The summed E-state index contributed by atoms with van der Waals surface area (Å²) in [4.78, 5) is 20.8. The molecule has 0 atom stereocenters. The highest BCUT2D eigenvalue weighted by molar-refractivity contribution is 7.99. The van der Waals surface area contributed by atoms with Crippen molar-refractivity contribution in [3.63, 3.8) is 0 Å². The summed E-state index contributed by atoms with van der Waals surface area (Å²) in [6.45, 7) is 3.89. The van der Waals surface area contributed by atoms with Crippen LogP contribution in [0.3, 0.4) is 0 Å². The molecule has 0 aliphatic carbocycles. The van der Waals surface area contributed by atoms with Crippen LogP contribution < -0.4 is 14.8 Å². The molecule has 0 radical (unpaired) electrons. The summed E-state index contributed by atoms with van der Waals surface area (Å²) in [7, 11) is 3.12. The van der Waals surface area contributed by atoms with Gasteiger partial charge in [-0.1, -0.05) is 11.8 Å². The molecule has 0 aliphatic heterocycles. The second-order valence-corrected chi connectivity index (χ2v) is 6.99. The summed E-state index contributed by atoms with van der Waals surface area (Å²) in [5, 5.41) is 7.95. The molecule has 28 heavy (non-hydrogen) atoms. The van der Waals surface area contributed by atoms with Gasteiger partial charge in [0.2, 0.25) is 5.91 Å². The summed E-state index contributed by atoms with van der Waals surface area (Å²) < 4.78 is 12.2. The number of aromatic nitrogens is 4. The van der Waals surface area contributed by atoms with E-state index in [0.717, 1.165) is 11.4 Å². The first-order valence-electron chi connectivity index (χ1n) is 8.50. The fourth-order valence-electron chi connectivity index (χ4n) is 2.60. The summed E-state index contributed by atoms with van der Waals surface area (Å²) >= 11 is 1.32. The lowest BCUT2D eigenvalue weighted by molar-refractivity contribution is -0.113. The van der Waals surface area contributed by atoms with Crippen LogP contribution in [0.4, 0.5) is 5.69 Å². The fraction of sp³-hybridized carbons (Fsp3) is 0.263. The Hall–Kier alpha value is -3.07. The van der Waals surface area contributed by atoms with E-state index >= 15 is 0 Å². The highest BCUT2D eigenvalue weighted by Gasteiger charge is 2.10. The summed E-state index contributed by atoms with van der Waals surface area (Å²) in [6.07, 6.45) is 1.47. The van der Waals surface area contributed by atoms with Gasteiger partial charge < -0.3 is 14.8 Å². The molecule has 1 N–H and O–H groups in total. The van der Waals surface area contributed by atoms with E-state index in [2.05, 4.69) is 20.4 Å². The van der Waals surface area contributed by atoms with Gasteiger partial charge >= 0.3 is 0 Å². The standard InChI is InChI=1S/C19H21N5O3S/c1-12-5-13(2)24(23-12)17-9-19(21-11-20-17)28-10-18(25)22-14-6-15(26-3)8-16(7-14)27-4/h5-9,11H,10H2,1-4H3,(H,22,25). The predicted molar refractivity (Wildman–Crippen MR) is 108 cm³/mol. The maximum absolute atomic E-state index is 12.3. The van der Waals surface area contributed by atoms with Crippen molar-refractivity contribution < 1.29 is 14.3 Å². The Morgan fingerprint density at radius 2 is 1.79 bits per heavy atom. The lowest BCUT2D eigenvalue weighted by Gasteiger charge is -2.10. The van der Waals surface area contributed by atoms with Crippen LogP contribution in [0.1, 0.15) is 11.4 Å². The van der Waals surface area contributed by atoms with Gasteiger partial charge in [0.15, 0.2) is 5.82 Å². The molecular weight excluding hydrogens is 378 g/mol. The number of nitrogens with one attached hydrogen (secondary N) is 1. The Labute approximate surface area is 167 Å². The van der Waals surface area contributed by atoms with Gasteiger partial charge in [-0.15, -0.1) is 0 Å².